The Balaban J connectivity index is 1.91. The molecule has 5 heteroatoms. The van der Waals surface area contributed by atoms with Gasteiger partial charge in [0.25, 0.3) is 0 Å². The van der Waals surface area contributed by atoms with E-state index in [0.717, 1.165) is 45.2 Å². The minimum Gasteiger partial charge on any atom is -0.480 e. The van der Waals surface area contributed by atoms with Crippen molar-refractivity contribution in [1.29, 1.82) is 0 Å². The first kappa shape index (κ1) is 18.2. The Labute approximate surface area is 139 Å². The van der Waals surface area contributed by atoms with Crippen LogP contribution in [0.2, 0.25) is 0 Å². The minimum atomic E-state index is -1.20. The van der Waals surface area contributed by atoms with Gasteiger partial charge in [-0.3, -0.25) is 14.5 Å². The summed E-state index contributed by atoms with van der Waals surface area (Å²) < 4.78 is 0. The molecule has 2 rings (SSSR count). The molecular weight excluding hydrogens is 292 g/mol. The van der Waals surface area contributed by atoms with E-state index in [1.807, 2.05) is 0 Å². The summed E-state index contributed by atoms with van der Waals surface area (Å²) in [5.74, 6) is -0.782. The predicted molar refractivity (Wildman–Crippen MR) is 90.2 cm³/mol. The van der Waals surface area contributed by atoms with Crippen LogP contribution < -0.4 is 5.32 Å². The van der Waals surface area contributed by atoms with E-state index < -0.39 is 11.4 Å². The number of hydrogen-bond acceptors (Lipinski definition) is 3. The lowest BCUT2D eigenvalue weighted by molar-refractivity contribution is -0.157. The highest BCUT2D eigenvalue weighted by atomic mass is 16.4. The summed E-state index contributed by atoms with van der Waals surface area (Å²) in [7, 11) is 0. The van der Waals surface area contributed by atoms with Gasteiger partial charge in [0.15, 0.2) is 0 Å². The molecule has 1 heterocycles. The summed E-state index contributed by atoms with van der Waals surface area (Å²) >= 11 is 0. The molecular formula is C18H32N2O3. The van der Waals surface area contributed by atoms with E-state index >= 15 is 0 Å². The second-order valence-electron chi connectivity index (χ2n) is 8.28. The van der Waals surface area contributed by atoms with E-state index in [4.69, 9.17) is 0 Å². The van der Waals surface area contributed by atoms with Crippen LogP contribution in [0.5, 0.6) is 0 Å². The molecule has 0 aromatic heterocycles. The Morgan fingerprint density at radius 1 is 1.17 bits per heavy atom. The topological polar surface area (TPSA) is 69.6 Å². The number of carbonyl (C=O) groups excluding carboxylic acids is 1. The highest BCUT2D eigenvalue weighted by Gasteiger charge is 2.46. The Hall–Kier alpha value is -1.10. The number of rotatable bonds is 4. The van der Waals surface area contributed by atoms with Gasteiger partial charge in [-0.1, -0.05) is 25.7 Å². The Bertz CT molecular complexity index is 434. The van der Waals surface area contributed by atoms with Gasteiger partial charge in [0, 0.05) is 18.6 Å². The molecule has 1 amide bonds. The summed E-state index contributed by atoms with van der Waals surface area (Å²) in [6.45, 7) is 9.25. The molecule has 0 spiro atoms. The second-order valence-corrected chi connectivity index (χ2v) is 8.28. The highest BCUT2D eigenvalue weighted by molar-refractivity contribution is 6.01. The van der Waals surface area contributed by atoms with Crippen LogP contribution >= 0.6 is 0 Å². The molecule has 0 aromatic carbocycles. The van der Waals surface area contributed by atoms with Gasteiger partial charge in [0.1, 0.15) is 5.41 Å². The molecule has 1 unspecified atom stereocenters. The van der Waals surface area contributed by atoms with Crippen LogP contribution in [0.1, 0.15) is 65.7 Å². The van der Waals surface area contributed by atoms with Crippen LogP contribution in [0, 0.1) is 11.3 Å². The zero-order valence-corrected chi connectivity index (χ0v) is 14.9. The molecule has 0 bridgehead atoms. The number of amides is 1. The number of carboxylic acid groups (broad SMARTS) is 1. The number of carboxylic acids is 1. The number of aliphatic carboxylic acids is 1. The summed E-state index contributed by atoms with van der Waals surface area (Å²) in [6.07, 6.45) is 5.76. The molecule has 23 heavy (non-hydrogen) atoms. The Morgan fingerprint density at radius 3 is 2.26 bits per heavy atom. The van der Waals surface area contributed by atoms with Crippen molar-refractivity contribution >= 4 is 11.9 Å². The van der Waals surface area contributed by atoms with E-state index in [9.17, 15) is 14.7 Å². The zero-order valence-electron chi connectivity index (χ0n) is 14.9. The molecule has 1 saturated heterocycles. The average molecular weight is 324 g/mol. The first-order valence-electron chi connectivity index (χ1n) is 9.02. The van der Waals surface area contributed by atoms with Gasteiger partial charge < -0.3 is 10.4 Å². The SMILES string of the molecule is CC(C)(C)N1CCC(CNC(=O)C2(C(=O)O)CCCCCC2)C1. The molecule has 1 aliphatic carbocycles. The van der Waals surface area contributed by atoms with Crippen LogP contribution in [0.15, 0.2) is 0 Å². The van der Waals surface area contributed by atoms with Gasteiger partial charge in [-0.2, -0.15) is 0 Å². The van der Waals surface area contributed by atoms with Crippen LogP contribution in [-0.2, 0) is 9.59 Å². The normalized spacial score (nSPS) is 25.8. The molecule has 2 N–H and O–H groups in total. The molecule has 2 aliphatic rings. The van der Waals surface area contributed by atoms with Gasteiger partial charge in [-0.25, -0.2) is 0 Å². The van der Waals surface area contributed by atoms with E-state index in [1.165, 1.54) is 0 Å². The Kier molecular flexibility index (Phi) is 5.71. The van der Waals surface area contributed by atoms with Crippen molar-refractivity contribution in [3.05, 3.63) is 0 Å². The van der Waals surface area contributed by atoms with Gasteiger partial charge in [0.2, 0.25) is 5.91 Å². The van der Waals surface area contributed by atoms with Gasteiger partial charge in [0.05, 0.1) is 0 Å². The summed E-state index contributed by atoms with van der Waals surface area (Å²) in [4.78, 5) is 26.9. The fourth-order valence-electron chi connectivity index (χ4n) is 3.88. The van der Waals surface area contributed by atoms with Crippen molar-refractivity contribution in [2.75, 3.05) is 19.6 Å². The number of carbonyl (C=O) groups is 2. The average Bonchev–Trinajstić information content (AvgIpc) is 2.81. The van der Waals surface area contributed by atoms with Crippen LogP contribution in [-0.4, -0.2) is 47.1 Å². The first-order chi connectivity index (χ1) is 10.8. The minimum absolute atomic E-state index is 0.155. The van der Waals surface area contributed by atoms with E-state index in [1.54, 1.807) is 0 Å². The molecule has 0 radical (unpaired) electrons. The fourth-order valence-corrected chi connectivity index (χ4v) is 3.88. The van der Waals surface area contributed by atoms with Crippen LogP contribution in [0.25, 0.3) is 0 Å². The molecule has 132 valence electrons. The number of likely N-dealkylation sites (tertiary alicyclic amines) is 1. The van der Waals surface area contributed by atoms with Crippen molar-refractivity contribution in [2.24, 2.45) is 11.3 Å². The lowest BCUT2D eigenvalue weighted by atomic mass is 9.79. The van der Waals surface area contributed by atoms with Crippen molar-refractivity contribution in [3.63, 3.8) is 0 Å². The van der Waals surface area contributed by atoms with Gasteiger partial charge in [-0.05, 0) is 52.5 Å². The van der Waals surface area contributed by atoms with Crippen LogP contribution in [0.4, 0.5) is 0 Å². The molecule has 0 aromatic rings. The molecule has 5 nitrogen and oxygen atoms in total. The molecule has 1 atom stereocenters. The third kappa shape index (κ3) is 4.25. The van der Waals surface area contributed by atoms with Crippen molar-refractivity contribution in [1.82, 2.24) is 10.2 Å². The Morgan fingerprint density at radius 2 is 1.78 bits per heavy atom. The third-order valence-corrected chi connectivity index (χ3v) is 5.59. The fraction of sp³-hybridized carbons (Fsp3) is 0.889. The first-order valence-corrected chi connectivity index (χ1v) is 9.02. The molecule has 1 aliphatic heterocycles. The van der Waals surface area contributed by atoms with E-state index in [0.29, 0.717) is 25.3 Å². The predicted octanol–water partition coefficient (Wildman–Crippen LogP) is 2.65. The maximum Gasteiger partial charge on any atom is 0.319 e. The standard InChI is InChI=1S/C18H32N2O3/c1-17(2,3)20-11-8-14(13-20)12-19-15(21)18(16(22)23)9-6-4-5-7-10-18/h14H,4-13H2,1-3H3,(H,19,21)(H,22,23). The van der Waals surface area contributed by atoms with E-state index in [2.05, 4.69) is 31.0 Å². The third-order valence-electron chi connectivity index (χ3n) is 5.59. The number of nitrogens with one attached hydrogen (secondary N) is 1. The largest absolute Gasteiger partial charge is 0.480 e. The van der Waals surface area contributed by atoms with Crippen molar-refractivity contribution in [3.8, 4) is 0 Å². The second kappa shape index (κ2) is 7.20. The summed E-state index contributed by atoms with van der Waals surface area (Å²) in [5.41, 5.74) is -1.04. The summed E-state index contributed by atoms with van der Waals surface area (Å²) in [5, 5.41) is 12.6. The molecule has 1 saturated carbocycles. The summed E-state index contributed by atoms with van der Waals surface area (Å²) in [6, 6.07) is 0. The van der Waals surface area contributed by atoms with Crippen molar-refractivity contribution < 1.29 is 14.7 Å². The maximum absolute atomic E-state index is 12.6. The lowest BCUT2D eigenvalue weighted by Gasteiger charge is -2.32. The quantitative estimate of drug-likeness (QED) is 0.616. The molecule has 2 fully saturated rings. The smallest absolute Gasteiger partial charge is 0.319 e. The van der Waals surface area contributed by atoms with E-state index in [-0.39, 0.29) is 11.4 Å². The maximum atomic E-state index is 12.6. The van der Waals surface area contributed by atoms with Crippen LogP contribution in [0.3, 0.4) is 0 Å². The lowest BCUT2D eigenvalue weighted by Crippen LogP contribution is -2.48. The van der Waals surface area contributed by atoms with Gasteiger partial charge in [-0.15, -0.1) is 0 Å². The highest BCUT2D eigenvalue weighted by Crippen LogP contribution is 2.36. The monoisotopic (exact) mass is 324 g/mol. The number of hydrogen-bond donors (Lipinski definition) is 2. The zero-order chi connectivity index (χ0) is 17.1. The van der Waals surface area contributed by atoms with Crippen molar-refractivity contribution in [2.45, 2.75) is 71.3 Å². The van der Waals surface area contributed by atoms with Gasteiger partial charge >= 0.3 is 5.97 Å². The number of nitrogens with zero attached hydrogens (tertiary/aromatic N) is 1.